The van der Waals surface area contributed by atoms with Crippen LogP contribution in [0.25, 0.3) is 0 Å². The molecule has 7 heteroatoms. The van der Waals surface area contributed by atoms with Crippen molar-refractivity contribution in [3.8, 4) is 0 Å². The van der Waals surface area contributed by atoms with Crippen molar-refractivity contribution in [3.05, 3.63) is 17.5 Å². The second kappa shape index (κ2) is 5.26. The van der Waals surface area contributed by atoms with E-state index in [1.54, 1.807) is 13.1 Å². The lowest BCUT2D eigenvalue weighted by molar-refractivity contribution is -0.124. The summed E-state index contributed by atoms with van der Waals surface area (Å²) in [6, 6.07) is 1.66. The highest BCUT2D eigenvalue weighted by molar-refractivity contribution is 5.92. The summed E-state index contributed by atoms with van der Waals surface area (Å²) in [5, 5.41) is 4.10. The molecule has 3 N–H and O–H groups in total. The van der Waals surface area contributed by atoms with E-state index >= 15 is 0 Å². The molecule has 0 fully saturated rings. The summed E-state index contributed by atoms with van der Waals surface area (Å²) in [6.45, 7) is 1.58. The third kappa shape index (κ3) is 3.06. The van der Waals surface area contributed by atoms with Crippen molar-refractivity contribution >= 4 is 11.8 Å². The molecule has 16 heavy (non-hydrogen) atoms. The van der Waals surface area contributed by atoms with E-state index in [9.17, 15) is 9.59 Å². The molecular formula is C9H14N4O3. The number of hydrogen-bond donors (Lipinski definition) is 2. The lowest BCUT2D eigenvalue weighted by Crippen LogP contribution is -2.30. The Morgan fingerprint density at radius 1 is 1.62 bits per heavy atom. The van der Waals surface area contributed by atoms with E-state index in [0.29, 0.717) is 5.69 Å². The first kappa shape index (κ1) is 12.2. The predicted molar refractivity (Wildman–Crippen MR) is 55.2 cm³/mol. The van der Waals surface area contributed by atoms with Crippen LogP contribution < -0.4 is 11.2 Å². The summed E-state index contributed by atoms with van der Waals surface area (Å²) in [5.41, 5.74) is 8.12. The largest absolute Gasteiger partial charge is 0.368 e. The zero-order valence-electron chi connectivity index (χ0n) is 9.19. The average molecular weight is 226 g/mol. The number of carbonyl (C=O) groups excluding carboxylic acids is 2. The van der Waals surface area contributed by atoms with E-state index in [1.165, 1.54) is 4.68 Å². The maximum absolute atomic E-state index is 11.5. The van der Waals surface area contributed by atoms with E-state index < -0.39 is 11.8 Å². The Bertz CT molecular complexity index is 399. The van der Waals surface area contributed by atoms with Crippen LogP contribution in [0.15, 0.2) is 6.07 Å². The Hall–Kier alpha value is -1.89. The van der Waals surface area contributed by atoms with Crippen LogP contribution in [0, 0.1) is 0 Å². The van der Waals surface area contributed by atoms with Gasteiger partial charge < -0.3 is 5.73 Å². The predicted octanol–water partition coefficient (Wildman–Crippen LogP) is -0.871. The zero-order chi connectivity index (χ0) is 12.1. The average Bonchev–Trinajstić information content (AvgIpc) is 2.59. The van der Waals surface area contributed by atoms with Crippen LogP contribution in [0.2, 0.25) is 0 Å². The van der Waals surface area contributed by atoms with Gasteiger partial charge in [0.2, 0.25) is 5.91 Å². The second-order valence-electron chi connectivity index (χ2n) is 3.18. The molecule has 1 heterocycles. The van der Waals surface area contributed by atoms with E-state index in [4.69, 9.17) is 5.73 Å². The molecule has 0 aliphatic heterocycles. The molecule has 2 amide bonds. The minimum Gasteiger partial charge on any atom is -0.368 e. The van der Waals surface area contributed by atoms with Crippen molar-refractivity contribution in [1.29, 1.82) is 0 Å². The Morgan fingerprint density at radius 2 is 2.31 bits per heavy atom. The first-order chi connectivity index (χ1) is 7.54. The number of aryl methyl sites for hydroxylation is 2. The molecule has 1 aromatic heterocycles. The molecule has 0 bridgehead atoms. The lowest BCUT2D eigenvalue weighted by atomic mass is 10.3. The van der Waals surface area contributed by atoms with Crippen LogP contribution >= 0.6 is 0 Å². The van der Waals surface area contributed by atoms with Crippen molar-refractivity contribution in [1.82, 2.24) is 15.3 Å². The van der Waals surface area contributed by atoms with Crippen molar-refractivity contribution in [3.63, 3.8) is 0 Å². The van der Waals surface area contributed by atoms with Gasteiger partial charge >= 0.3 is 0 Å². The molecule has 0 spiro atoms. The van der Waals surface area contributed by atoms with Gasteiger partial charge in [-0.2, -0.15) is 5.10 Å². The number of hydroxylamine groups is 1. The standard InChI is InChI=1S/C9H14N4O3/c1-3-6-4-7(13(2)11-6)9(15)12-16-5-8(10)14/h4H,3,5H2,1-2H3,(H2,10,14)(H,12,15). The van der Waals surface area contributed by atoms with Gasteiger partial charge in [0.05, 0.1) is 5.69 Å². The fraction of sp³-hybridized carbons (Fsp3) is 0.444. The maximum atomic E-state index is 11.5. The molecule has 0 saturated carbocycles. The first-order valence-corrected chi connectivity index (χ1v) is 4.78. The maximum Gasteiger partial charge on any atom is 0.293 e. The van der Waals surface area contributed by atoms with E-state index in [0.717, 1.165) is 12.1 Å². The van der Waals surface area contributed by atoms with Gasteiger partial charge in [-0.05, 0) is 12.5 Å². The smallest absolute Gasteiger partial charge is 0.293 e. The second-order valence-corrected chi connectivity index (χ2v) is 3.18. The topological polar surface area (TPSA) is 99.2 Å². The summed E-state index contributed by atoms with van der Waals surface area (Å²) in [5.74, 6) is -1.12. The van der Waals surface area contributed by atoms with Gasteiger partial charge in [-0.3, -0.25) is 19.1 Å². The van der Waals surface area contributed by atoms with Crippen molar-refractivity contribution in [2.45, 2.75) is 13.3 Å². The van der Waals surface area contributed by atoms with E-state index in [1.807, 2.05) is 6.92 Å². The number of nitrogens with one attached hydrogen (secondary N) is 1. The Balaban J connectivity index is 2.58. The van der Waals surface area contributed by atoms with Gasteiger partial charge in [0.15, 0.2) is 6.61 Å². The number of amides is 2. The molecule has 0 aliphatic carbocycles. The number of nitrogens with two attached hydrogens (primary N) is 1. The summed E-state index contributed by atoms with van der Waals surface area (Å²) in [4.78, 5) is 26.5. The number of carbonyl (C=O) groups is 2. The van der Waals surface area contributed by atoms with Gasteiger partial charge in [-0.1, -0.05) is 6.92 Å². The third-order valence-electron chi connectivity index (χ3n) is 1.90. The van der Waals surface area contributed by atoms with Crippen molar-refractivity contribution in [2.24, 2.45) is 12.8 Å². The molecule has 0 aromatic carbocycles. The van der Waals surface area contributed by atoms with E-state index in [2.05, 4.69) is 15.4 Å². The minimum atomic E-state index is -0.653. The van der Waals surface area contributed by atoms with Gasteiger partial charge in [-0.15, -0.1) is 0 Å². The molecule has 0 atom stereocenters. The highest BCUT2D eigenvalue weighted by Gasteiger charge is 2.12. The van der Waals surface area contributed by atoms with Gasteiger partial charge in [0.1, 0.15) is 5.69 Å². The first-order valence-electron chi connectivity index (χ1n) is 4.78. The summed E-state index contributed by atoms with van der Waals surface area (Å²) in [7, 11) is 1.65. The molecular weight excluding hydrogens is 212 g/mol. The van der Waals surface area contributed by atoms with Gasteiger partial charge in [0.25, 0.3) is 5.91 Å². The quantitative estimate of drug-likeness (QED) is 0.637. The van der Waals surface area contributed by atoms with Crippen LogP contribution in [0.1, 0.15) is 23.1 Å². The van der Waals surface area contributed by atoms with Crippen LogP contribution in [0.5, 0.6) is 0 Å². The number of hydrogen-bond acceptors (Lipinski definition) is 4. The van der Waals surface area contributed by atoms with Gasteiger partial charge in [0, 0.05) is 7.05 Å². The van der Waals surface area contributed by atoms with Crippen LogP contribution in [0.4, 0.5) is 0 Å². The molecule has 0 saturated heterocycles. The van der Waals surface area contributed by atoms with E-state index in [-0.39, 0.29) is 6.61 Å². The summed E-state index contributed by atoms with van der Waals surface area (Å²) in [6.07, 6.45) is 0.739. The summed E-state index contributed by atoms with van der Waals surface area (Å²) < 4.78 is 1.45. The number of primary amides is 1. The highest BCUT2D eigenvalue weighted by Crippen LogP contribution is 2.03. The third-order valence-corrected chi connectivity index (χ3v) is 1.90. The molecule has 7 nitrogen and oxygen atoms in total. The minimum absolute atomic E-state index is 0.357. The molecule has 88 valence electrons. The number of aromatic nitrogens is 2. The number of rotatable bonds is 5. The zero-order valence-corrected chi connectivity index (χ0v) is 9.19. The lowest BCUT2D eigenvalue weighted by Gasteiger charge is -2.03. The molecule has 0 aliphatic rings. The fourth-order valence-corrected chi connectivity index (χ4v) is 1.14. The molecule has 0 unspecified atom stereocenters. The SMILES string of the molecule is CCc1cc(C(=O)NOCC(N)=O)n(C)n1. The Kier molecular flexibility index (Phi) is 4.01. The summed E-state index contributed by atoms with van der Waals surface area (Å²) >= 11 is 0. The van der Waals surface area contributed by atoms with Crippen molar-refractivity contribution in [2.75, 3.05) is 6.61 Å². The highest BCUT2D eigenvalue weighted by atomic mass is 16.7. The normalized spacial score (nSPS) is 10.1. The van der Waals surface area contributed by atoms with Crippen LogP contribution in [-0.2, 0) is 23.1 Å². The van der Waals surface area contributed by atoms with Crippen molar-refractivity contribution < 1.29 is 14.4 Å². The van der Waals surface area contributed by atoms with Crippen LogP contribution in [0.3, 0.4) is 0 Å². The number of nitrogens with zero attached hydrogens (tertiary/aromatic N) is 2. The Morgan fingerprint density at radius 3 is 2.81 bits per heavy atom. The monoisotopic (exact) mass is 226 g/mol. The molecule has 1 rings (SSSR count). The van der Waals surface area contributed by atoms with Gasteiger partial charge in [-0.25, -0.2) is 5.48 Å². The fourth-order valence-electron chi connectivity index (χ4n) is 1.14. The molecule has 1 aromatic rings. The molecule has 0 radical (unpaired) electrons. The van der Waals surface area contributed by atoms with Crippen LogP contribution in [-0.4, -0.2) is 28.2 Å². The Labute approximate surface area is 92.5 Å².